The molecule has 1 aromatic heterocycles. The highest BCUT2D eigenvalue weighted by molar-refractivity contribution is 7.89. The van der Waals surface area contributed by atoms with Crippen molar-refractivity contribution in [3.05, 3.63) is 40.7 Å². The van der Waals surface area contributed by atoms with Gasteiger partial charge < -0.3 is 10.3 Å². The number of nitrogens with zero attached hydrogens (tertiary/aromatic N) is 1. The molecule has 1 aliphatic carbocycles. The van der Waals surface area contributed by atoms with Gasteiger partial charge in [0.05, 0.1) is 10.8 Å². The summed E-state index contributed by atoms with van der Waals surface area (Å²) in [5, 5.41) is 3.87. The Morgan fingerprint density at radius 2 is 1.71 bits per heavy atom. The highest BCUT2D eigenvalue weighted by Crippen LogP contribution is 2.26. The fourth-order valence-corrected chi connectivity index (χ4v) is 6.30. The number of sulfonamides is 1. The molecule has 1 saturated carbocycles. The van der Waals surface area contributed by atoms with Gasteiger partial charge in [0.15, 0.2) is 0 Å². The first-order chi connectivity index (χ1) is 14.9. The third kappa shape index (κ3) is 5.18. The van der Waals surface area contributed by atoms with Gasteiger partial charge in [-0.2, -0.15) is 4.31 Å². The molecule has 2 fully saturated rings. The number of nitrogens with one attached hydrogen (secondary N) is 2. The molecule has 2 aromatic rings. The number of hydrogen-bond acceptors (Lipinski definition) is 4. The van der Waals surface area contributed by atoms with Crippen LogP contribution < -0.4 is 10.9 Å². The fourth-order valence-electron chi connectivity index (χ4n) is 4.74. The van der Waals surface area contributed by atoms with Crippen molar-refractivity contribution in [2.24, 2.45) is 5.92 Å². The van der Waals surface area contributed by atoms with Crippen LogP contribution in [-0.4, -0.2) is 42.7 Å². The van der Waals surface area contributed by atoms with Gasteiger partial charge >= 0.3 is 0 Å². The van der Waals surface area contributed by atoms with Crippen molar-refractivity contribution < 1.29 is 13.2 Å². The minimum atomic E-state index is -3.71. The Hall–Kier alpha value is -2.19. The van der Waals surface area contributed by atoms with E-state index >= 15 is 0 Å². The number of aromatic amines is 1. The molecule has 31 heavy (non-hydrogen) atoms. The molecular weight excluding hydrogens is 414 g/mol. The highest BCUT2D eigenvalue weighted by atomic mass is 32.2. The van der Waals surface area contributed by atoms with Gasteiger partial charge in [0.25, 0.3) is 0 Å². The lowest BCUT2D eigenvalue weighted by Crippen LogP contribution is -2.47. The molecular formula is C23H31N3O4S. The number of H-pyrrole nitrogens is 1. The third-order valence-corrected chi connectivity index (χ3v) is 8.40. The molecule has 1 aromatic carbocycles. The van der Waals surface area contributed by atoms with Crippen LogP contribution in [0, 0.1) is 5.92 Å². The molecule has 2 heterocycles. The van der Waals surface area contributed by atoms with Gasteiger partial charge in [0.1, 0.15) is 0 Å². The monoisotopic (exact) mass is 445 g/mol. The van der Waals surface area contributed by atoms with Gasteiger partial charge in [-0.3, -0.25) is 9.59 Å². The second-order valence-corrected chi connectivity index (χ2v) is 10.8. The average Bonchev–Trinajstić information content (AvgIpc) is 2.75. The van der Waals surface area contributed by atoms with Gasteiger partial charge in [0.2, 0.25) is 21.5 Å². The predicted molar refractivity (Wildman–Crippen MR) is 120 cm³/mol. The zero-order valence-electron chi connectivity index (χ0n) is 17.8. The van der Waals surface area contributed by atoms with Gasteiger partial charge in [-0.25, -0.2) is 8.42 Å². The number of benzene rings is 1. The molecule has 168 valence electrons. The number of fused-ring (bicyclic) bond motifs is 1. The van der Waals surface area contributed by atoms with E-state index in [1.54, 1.807) is 18.2 Å². The molecule has 0 radical (unpaired) electrons. The SMILES string of the molecule is O=C(NC1CCCCCCC1)C1CCCN(S(=O)(=O)c2ccc3[nH]c(=O)ccc3c2)C1. The standard InChI is InChI=1S/C23H31N3O4S/c27-22-13-10-17-15-20(11-12-21(17)25-22)31(29,30)26-14-6-7-18(16-26)23(28)24-19-8-4-2-1-3-5-9-19/h10-13,15,18-19H,1-9,14,16H2,(H,24,28)(H,25,27). The molecule has 1 aliphatic heterocycles. The summed E-state index contributed by atoms with van der Waals surface area (Å²) in [6.07, 6.45) is 9.42. The molecule has 8 heteroatoms. The van der Waals surface area contributed by atoms with Gasteiger partial charge in [-0.1, -0.05) is 32.1 Å². The summed E-state index contributed by atoms with van der Waals surface area (Å²) < 4.78 is 28.0. The summed E-state index contributed by atoms with van der Waals surface area (Å²) in [5.74, 6) is -0.327. The van der Waals surface area contributed by atoms with Crippen LogP contribution in [0.5, 0.6) is 0 Å². The normalized spacial score (nSPS) is 22.0. The number of carbonyl (C=O) groups excluding carboxylic acids is 1. The van der Waals surface area contributed by atoms with Crippen molar-refractivity contribution in [3.63, 3.8) is 0 Å². The number of hydrogen-bond donors (Lipinski definition) is 2. The Morgan fingerprint density at radius 3 is 2.48 bits per heavy atom. The maximum atomic E-state index is 13.3. The van der Waals surface area contributed by atoms with Crippen LogP contribution in [0.1, 0.15) is 57.8 Å². The van der Waals surface area contributed by atoms with Crippen LogP contribution >= 0.6 is 0 Å². The minimum absolute atomic E-state index is 0.0124. The number of piperidine rings is 1. The number of pyridine rings is 1. The van der Waals surface area contributed by atoms with Crippen molar-refractivity contribution in [2.45, 2.75) is 68.7 Å². The molecule has 2 aliphatic rings. The van der Waals surface area contributed by atoms with Crippen molar-refractivity contribution in [1.29, 1.82) is 0 Å². The van der Waals surface area contributed by atoms with E-state index < -0.39 is 10.0 Å². The van der Waals surface area contributed by atoms with Gasteiger partial charge in [-0.05, 0) is 55.3 Å². The van der Waals surface area contributed by atoms with Crippen LogP contribution in [-0.2, 0) is 14.8 Å². The zero-order valence-corrected chi connectivity index (χ0v) is 18.6. The molecule has 1 atom stereocenters. The maximum Gasteiger partial charge on any atom is 0.248 e. The first kappa shape index (κ1) is 22.0. The second-order valence-electron chi connectivity index (χ2n) is 8.82. The Labute approximate surface area is 183 Å². The highest BCUT2D eigenvalue weighted by Gasteiger charge is 2.34. The van der Waals surface area contributed by atoms with Crippen molar-refractivity contribution in [1.82, 2.24) is 14.6 Å². The number of amides is 1. The molecule has 4 rings (SSSR count). The molecule has 2 N–H and O–H groups in total. The molecule has 7 nitrogen and oxygen atoms in total. The Balaban J connectivity index is 1.46. The summed E-state index contributed by atoms with van der Waals surface area (Å²) in [7, 11) is -3.71. The van der Waals surface area contributed by atoms with Crippen molar-refractivity contribution in [2.75, 3.05) is 13.1 Å². The number of carbonyl (C=O) groups is 1. The molecule has 1 unspecified atom stereocenters. The molecule has 0 bridgehead atoms. The first-order valence-electron chi connectivity index (χ1n) is 11.4. The first-order valence-corrected chi connectivity index (χ1v) is 12.8. The zero-order chi connectivity index (χ0) is 21.8. The predicted octanol–water partition coefficient (Wildman–Crippen LogP) is 3.16. The van der Waals surface area contributed by atoms with Crippen LogP contribution in [0.2, 0.25) is 0 Å². The Morgan fingerprint density at radius 1 is 0.968 bits per heavy atom. The average molecular weight is 446 g/mol. The van der Waals surface area contributed by atoms with Crippen LogP contribution in [0.4, 0.5) is 0 Å². The van der Waals surface area contributed by atoms with E-state index in [-0.39, 0.29) is 34.9 Å². The van der Waals surface area contributed by atoms with E-state index in [1.807, 2.05) is 0 Å². The van der Waals surface area contributed by atoms with E-state index in [2.05, 4.69) is 10.3 Å². The van der Waals surface area contributed by atoms with Crippen molar-refractivity contribution >= 4 is 26.8 Å². The summed E-state index contributed by atoms with van der Waals surface area (Å²) in [4.78, 5) is 27.3. The molecule has 0 spiro atoms. The summed E-state index contributed by atoms with van der Waals surface area (Å²) in [6, 6.07) is 7.93. The largest absolute Gasteiger partial charge is 0.353 e. The quantitative estimate of drug-likeness (QED) is 0.755. The van der Waals surface area contributed by atoms with E-state index in [1.165, 1.54) is 35.7 Å². The van der Waals surface area contributed by atoms with E-state index in [4.69, 9.17) is 0 Å². The van der Waals surface area contributed by atoms with Crippen molar-refractivity contribution in [3.8, 4) is 0 Å². The minimum Gasteiger partial charge on any atom is -0.353 e. The smallest absolute Gasteiger partial charge is 0.248 e. The van der Waals surface area contributed by atoms with Crippen LogP contribution in [0.15, 0.2) is 40.0 Å². The number of aromatic nitrogens is 1. The Kier molecular flexibility index (Phi) is 6.77. The maximum absolute atomic E-state index is 13.3. The van der Waals surface area contributed by atoms with E-state index in [9.17, 15) is 18.0 Å². The lowest BCUT2D eigenvalue weighted by molar-refractivity contribution is -0.126. The second kappa shape index (κ2) is 9.53. The van der Waals surface area contributed by atoms with E-state index in [0.717, 1.165) is 25.7 Å². The summed E-state index contributed by atoms with van der Waals surface area (Å²) in [6.45, 7) is 0.629. The summed E-state index contributed by atoms with van der Waals surface area (Å²) in [5.41, 5.74) is 0.374. The van der Waals surface area contributed by atoms with E-state index in [0.29, 0.717) is 30.3 Å². The summed E-state index contributed by atoms with van der Waals surface area (Å²) >= 11 is 0. The lowest BCUT2D eigenvalue weighted by atomic mass is 9.94. The van der Waals surface area contributed by atoms with Gasteiger partial charge in [0, 0.05) is 30.7 Å². The lowest BCUT2D eigenvalue weighted by Gasteiger charge is -2.32. The molecule has 1 saturated heterocycles. The number of rotatable bonds is 4. The van der Waals surface area contributed by atoms with Crippen LogP contribution in [0.3, 0.4) is 0 Å². The van der Waals surface area contributed by atoms with Crippen LogP contribution in [0.25, 0.3) is 10.9 Å². The Bertz CT molecular complexity index is 1090. The van der Waals surface area contributed by atoms with Gasteiger partial charge in [-0.15, -0.1) is 0 Å². The topological polar surface area (TPSA) is 99.3 Å². The molecule has 1 amide bonds. The third-order valence-electron chi connectivity index (χ3n) is 6.54. The fraction of sp³-hybridized carbons (Fsp3) is 0.565.